The van der Waals surface area contributed by atoms with E-state index in [1.165, 1.54) is 58.2 Å². The fraction of sp³-hybridized carbons (Fsp3) is 0.947. The van der Waals surface area contributed by atoms with Crippen molar-refractivity contribution >= 4 is 5.97 Å². The van der Waals surface area contributed by atoms with Gasteiger partial charge in [-0.15, -0.1) is 0 Å². The Balaban J connectivity index is 0. The summed E-state index contributed by atoms with van der Waals surface area (Å²) in [7, 11) is 0. The summed E-state index contributed by atoms with van der Waals surface area (Å²) >= 11 is 0. The molecule has 0 saturated carbocycles. The summed E-state index contributed by atoms with van der Waals surface area (Å²) in [6, 6.07) is 0. The average Bonchev–Trinajstić information content (AvgIpc) is 2.51. The molecule has 140 valence electrons. The molecule has 0 rings (SSSR count). The van der Waals surface area contributed by atoms with E-state index in [2.05, 4.69) is 30.4 Å². The molecule has 0 aromatic rings. The third-order valence-electron chi connectivity index (χ3n) is 3.42. The number of ether oxygens (including phenoxy) is 1. The summed E-state index contributed by atoms with van der Waals surface area (Å²) in [5.41, 5.74) is -0.463. The van der Waals surface area contributed by atoms with Crippen LogP contribution < -0.4 is 0 Å². The lowest BCUT2D eigenvalue weighted by molar-refractivity contribution is -0.153. The first-order valence-corrected chi connectivity index (χ1v) is 9.33. The molecule has 0 aliphatic rings. The van der Waals surface area contributed by atoms with Crippen LogP contribution in [0.5, 0.6) is 0 Å². The number of nitrogens with zero attached hydrogens (tertiary/aromatic N) is 1. The molecule has 0 aliphatic heterocycles. The number of hydrogen-bond acceptors (Lipinski definition) is 4. The van der Waals surface area contributed by atoms with Gasteiger partial charge in [0.2, 0.25) is 0 Å². The quantitative estimate of drug-likeness (QED) is 0.575. The predicted molar refractivity (Wildman–Crippen MR) is 98.7 cm³/mol. The van der Waals surface area contributed by atoms with E-state index in [-0.39, 0.29) is 19.2 Å². The Morgan fingerprint density at radius 2 is 1.30 bits per heavy atom. The van der Waals surface area contributed by atoms with Crippen LogP contribution in [0.15, 0.2) is 0 Å². The molecule has 23 heavy (non-hydrogen) atoms. The SMILES string of the molecule is CC(C)(C)C(=O)OCCO.CCCCN(CCCC)CCCC. The molecule has 0 radical (unpaired) electrons. The number of rotatable bonds is 11. The molecule has 0 aromatic carbocycles. The van der Waals surface area contributed by atoms with Crippen molar-refractivity contribution in [1.29, 1.82) is 0 Å². The number of aliphatic hydroxyl groups is 1. The van der Waals surface area contributed by atoms with Crippen LogP contribution in [0.1, 0.15) is 80.1 Å². The van der Waals surface area contributed by atoms with E-state index >= 15 is 0 Å². The van der Waals surface area contributed by atoms with E-state index in [1.54, 1.807) is 20.8 Å². The minimum absolute atomic E-state index is 0.0934. The fourth-order valence-corrected chi connectivity index (χ4v) is 1.84. The minimum atomic E-state index is -0.463. The Hall–Kier alpha value is -0.610. The number of esters is 1. The first-order valence-electron chi connectivity index (χ1n) is 9.33. The van der Waals surface area contributed by atoms with Crippen LogP contribution in [0.25, 0.3) is 0 Å². The maximum absolute atomic E-state index is 10.9. The van der Waals surface area contributed by atoms with Gasteiger partial charge in [0, 0.05) is 0 Å². The summed E-state index contributed by atoms with van der Waals surface area (Å²) in [4.78, 5) is 13.5. The number of carbonyl (C=O) groups excluding carboxylic acids is 1. The smallest absolute Gasteiger partial charge is 0.311 e. The minimum Gasteiger partial charge on any atom is -0.463 e. The normalized spacial score (nSPS) is 11.1. The molecule has 0 bridgehead atoms. The first-order chi connectivity index (χ1) is 10.8. The van der Waals surface area contributed by atoms with Gasteiger partial charge in [-0.25, -0.2) is 0 Å². The second-order valence-electron chi connectivity index (χ2n) is 7.01. The Kier molecular flexibility index (Phi) is 17.4. The zero-order valence-electron chi connectivity index (χ0n) is 16.5. The highest BCUT2D eigenvalue weighted by molar-refractivity contribution is 5.75. The van der Waals surface area contributed by atoms with Crippen LogP contribution >= 0.6 is 0 Å². The summed E-state index contributed by atoms with van der Waals surface area (Å²) in [5.74, 6) is -0.276. The number of unbranched alkanes of at least 4 members (excludes halogenated alkanes) is 3. The van der Waals surface area contributed by atoms with Gasteiger partial charge in [0.05, 0.1) is 12.0 Å². The fourth-order valence-electron chi connectivity index (χ4n) is 1.84. The number of aliphatic hydroxyl groups excluding tert-OH is 1. The van der Waals surface area contributed by atoms with Crippen molar-refractivity contribution in [2.75, 3.05) is 32.8 Å². The van der Waals surface area contributed by atoms with Crippen molar-refractivity contribution in [1.82, 2.24) is 4.90 Å². The highest BCUT2D eigenvalue weighted by atomic mass is 16.5. The maximum Gasteiger partial charge on any atom is 0.311 e. The molecular weight excluding hydrogens is 290 g/mol. The lowest BCUT2D eigenvalue weighted by Crippen LogP contribution is -2.27. The van der Waals surface area contributed by atoms with Gasteiger partial charge in [-0.2, -0.15) is 0 Å². The lowest BCUT2D eigenvalue weighted by Gasteiger charge is -2.21. The van der Waals surface area contributed by atoms with Crippen LogP contribution in [0, 0.1) is 5.41 Å². The summed E-state index contributed by atoms with van der Waals surface area (Å²) in [5, 5.41) is 8.30. The monoisotopic (exact) mass is 331 g/mol. The molecule has 0 spiro atoms. The van der Waals surface area contributed by atoms with E-state index in [9.17, 15) is 4.79 Å². The van der Waals surface area contributed by atoms with Gasteiger partial charge in [-0.1, -0.05) is 40.0 Å². The summed E-state index contributed by atoms with van der Waals surface area (Å²) in [6.45, 7) is 16.1. The van der Waals surface area contributed by atoms with E-state index in [0.717, 1.165) is 0 Å². The van der Waals surface area contributed by atoms with E-state index in [0.29, 0.717) is 0 Å². The highest BCUT2D eigenvalue weighted by Crippen LogP contribution is 2.14. The zero-order valence-corrected chi connectivity index (χ0v) is 16.5. The van der Waals surface area contributed by atoms with E-state index in [1.807, 2.05) is 0 Å². The molecule has 4 heteroatoms. The molecule has 0 aromatic heterocycles. The zero-order chi connectivity index (χ0) is 18.1. The molecule has 1 N–H and O–H groups in total. The summed E-state index contributed by atoms with van der Waals surface area (Å²) < 4.78 is 4.67. The Bertz CT molecular complexity index is 243. The standard InChI is InChI=1S/C12H27N.C7H14O3/c1-4-7-10-13(11-8-5-2)12-9-6-3;1-7(2,3)6(9)10-5-4-8/h4-12H2,1-3H3;8H,4-5H2,1-3H3. The summed E-state index contributed by atoms with van der Waals surface area (Å²) in [6.07, 6.45) is 8.09. The second-order valence-corrected chi connectivity index (χ2v) is 7.01. The molecule has 0 amide bonds. The van der Waals surface area contributed by atoms with Gasteiger partial charge in [0.1, 0.15) is 6.61 Å². The van der Waals surface area contributed by atoms with Gasteiger partial charge in [-0.05, 0) is 59.7 Å². The lowest BCUT2D eigenvalue weighted by atomic mass is 9.97. The third-order valence-corrected chi connectivity index (χ3v) is 3.42. The van der Waals surface area contributed by atoms with Crippen LogP contribution in [0.3, 0.4) is 0 Å². The van der Waals surface area contributed by atoms with Crippen molar-refractivity contribution in [3.05, 3.63) is 0 Å². The van der Waals surface area contributed by atoms with Gasteiger partial charge in [0.25, 0.3) is 0 Å². The average molecular weight is 332 g/mol. The number of carbonyl (C=O) groups is 1. The highest BCUT2D eigenvalue weighted by Gasteiger charge is 2.22. The largest absolute Gasteiger partial charge is 0.463 e. The molecular formula is C19H41NO3. The molecule has 4 nitrogen and oxygen atoms in total. The van der Waals surface area contributed by atoms with Crippen LogP contribution in [-0.4, -0.2) is 48.8 Å². The molecule has 0 saturated heterocycles. The maximum atomic E-state index is 10.9. The van der Waals surface area contributed by atoms with Gasteiger partial charge < -0.3 is 14.7 Å². The predicted octanol–water partition coefficient (Wildman–Crippen LogP) is 4.26. The topological polar surface area (TPSA) is 49.8 Å². The molecule has 0 aliphatic carbocycles. The first kappa shape index (κ1) is 24.6. The van der Waals surface area contributed by atoms with Crippen LogP contribution in [0.2, 0.25) is 0 Å². The Morgan fingerprint density at radius 3 is 1.57 bits per heavy atom. The third kappa shape index (κ3) is 17.6. The van der Waals surface area contributed by atoms with Gasteiger partial charge >= 0.3 is 5.97 Å². The molecule has 0 fully saturated rings. The van der Waals surface area contributed by atoms with Crippen molar-refractivity contribution < 1.29 is 14.6 Å². The molecule has 0 atom stereocenters. The van der Waals surface area contributed by atoms with Crippen LogP contribution in [0.4, 0.5) is 0 Å². The molecule has 0 heterocycles. The van der Waals surface area contributed by atoms with Crippen molar-refractivity contribution in [3.8, 4) is 0 Å². The van der Waals surface area contributed by atoms with E-state index < -0.39 is 5.41 Å². The Labute approximate surface area is 144 Å². The van der Waals surface area contributed by atoms with Crippen molar-refractivity contribution in [2.24, 2.45) is 5.41 Å². The number of hydrogen-bond donors (Lipinski definition) is 1. The second kappa shape index (κ2) is 16.3. The van der Waals surface area contributed by atoms with Crippen molar-refractivity contribution in [3.63, 3.8) is 0 Å². The van der Waals surface area contributed by atoms with Crippen LogP contribution in [-0.2, 0) is 9.53 Å². The van der Waals surface area contributed by atoms with Gasteiger partial charge in [0.15, 0.2) is 0 Å². The Morgan fingerprint density at radius 1 is 0.913 bits per heavy atom. The van der Waals surface area contributed by atoms with E-state index in [4.69, 9.17) is 5.11 Å². The van der Waals surface area contributed by atoms with Crippen molar-refractivity contribution in [2.45, 2.75) is 80.1 Å². The molecule has 0 unspecified atom stereocenters. The van der Waals surface area contributed by atoms with Gasteiger partial charge in [-0.3, -0.25) is 4.79 Å².